The molecular weight excluding hydrogens is 322 g/mol. The Morgan fingerprint density at radius 3 is 2.79 bits per heavy atom. The molecule has 0 aliphatic heterocycles. The zero-order valence-electron chi connectivity index (χ0n) is 14.5. The molecule has 0 spiro atoms. The number of nitrogens with zero attached hydrogens (tertiary/aromatic N) is 1. The molecule has 1 aromatic carbocycles. The number of para-hydroxylation sites is 1. The summed E-state index contributed by atoms with van der Waals surface area (Å²) >= 11 is 1.71. The summed E-state index contributed by atoms with van der Waals surface area (Å²) in [5, 5.41) is 6.84. The largest absolute Gasteiger partial charge is 0.377 e. The quantitative estimate of drug-likeness (QED) is 0.761. The van der Waals surface area contributed by atoms with Gasteiger partial charge in [-0.25, -0.2) is 9.78 Å². The SMILES string of the molecule is CCOCc1ccccc1NC(=O)NCCc1nc(CC)c(C)s1. The number of aromatic nitrogens is 1. The van der Waals surface area contributed by atoms with Gasteiger partial charge in [0.05, 0.1) is 17.3 Å². The molecule has 1 heterocycles. The lowest BCUT2D eigenvalue weighted by Crippen LogP contribution is -2.30. The molecule has 2 N–H and O–H groups in total. The zero-order chi connectivity index (χ0) is 17.4. The Hall–Kier alpha value is -1.92. The molecule has 2 aromatic rings. The van der Waals surface area contributed by atoms with Crippen LogP contribution in [0.25, 0.3) is 0 Å². The van der Waals surface area contributed by atoms with E-state index in [-0.39, 0.29) is 6.03 Å². The van der Waals surface area contributed by atoms with Gasteiger partial charge in [0.1, 0.15) is 0 Å². The third kappa shape index (κ3) is 5.32. The van der Waals surface area contributed by atoms with Gasteiger partial charge in [-0.15, -0.1) is 11.3 Å². The highest BCUT2D eigenvalue weighted by molar-refractivity contribution is 7.11. The van der Waals surface area contributed by atoms with Crippen molar-refractivity contribution in [1.29, 1.82) is 0 Å². The summed E-state index contributed by atoms with van der Waals surface area (Å²) in [6.07, 6.45) is 1.70. The van der Waals surface area contributed by atoms with E-state index >= 15 is 0 Å². The van der Waals surface area contributed by atoms with E-state index in [0.29, 0.717) is 19.8 Å². The third-order valence-electron chi connectivity index (χ3n) is 3.62. The van der Waals surface area contributed by atoms with Crippen LogP contribution in [0.15, 0.2) is 24.3 Å². The van der Waals surface area contributed by atoms with Crippen molar-refractivity contribution >= 4 is 23.1 Å². The van der Waals surface area contributed by atoms with Gasteiger partial charge in [-0.2, -0.15) is 0 Å². The minimum atomic E-state index is -0.206. The molecule has 0 unspecified atom stereocenters. The van der Waals surface area contributed by atoms with E-state index < -0.39 is 0 Å². The normalized spacial score (nSPS) is 10.6. The van der Waals surface area contributed by atoms with Gasteiger partial charge in [-0.05, 0) is 26.3 Å². The molecule has 0 saturated heterocycles. The summed E-state index contributed by atoms with van der Waals surface area (Å²) in [6, 6.07) is 7.47. The van der Waals surface area contributed by atoms with E-state index in [1.165, 1.54) is 4.88 Å². The first-order chi connectivity index (χ1) is 11.6. The Morgan fingerprint density at radius 1 is 1.29 bits per heavy atom. The number of ether oxygens (including phenoxy) is 1. The van der Waals surface area contributed by atoms with Crippen molar-refractivity contribution in [1.82, 2.24) is 10.3 Å². The van der Waals surface area contributed by atoms with Crippen LogP contribution in [0, 0.1) is 6.92 Å². The smallest absolute Gasteiger partial charge is 0.319 e. The number of thiazole rings is 1. The molecule has 24 heavy (non-hydrogen) atoms. The monoisotopic (exact) mass is 347 g/mol. The lowest BCUT2D eigenvalue weighted by molar-refractivity contribution is 0.134. The van der Waals surface area contributed by atoms with Crippen LogP contribution in [0.2, 0.25) is 0 Å². The fourth-order valence-corrected chi connectivity index (χ4v) is 3.37. The van der Waals surface area contributed by atoms with Gasteiger partial charge in [-0.1, -0.05) is 25.1 Å². The van der Waals surface area contributed by atoms with E-state index in [1.807, 2.05) is 31.2 Å². The van der Waals surface area contributed by atoms with Crippen LogP contribution in [0.1, 0.15) is 35.0 Å². The number of carbonyl (C=O) groups excluding carboxylic acids is 1. The number of benzene rings is 1. The van der Waals surface area contributed by atoms with Crippen LogP contribution in [-0.4, -0.2) is 24.2 Å². The second kappa shape index (κ2) is 9.39. The molecule has 5 nitrogen and oxygen atoms in total. The van der Waals surface area contributed by atoms with Gasteiger partial charge in [0, 0.05) is 35.7 Å². The summed E-state index contributed by atoms with van der Waals surface area (Å²) in [7, 11) is 0. The maximum absolute atomic E-state index is 12.1. The lowest BCUT2D eigenvalue weighted by atomic mass is 10.2. The molecule has 0 fully saturated rings. The maximum Gasteiger partial charge on any atom is 0.319 e. The molecule has 1 aromatic heterocycles. The van der Waals surface area contributed by atoms with Crippen molar-refractivity contribution in [3.63, 3.8) is 0 Å². The van der Waals surface area contributed by atoms with E-state index in [9.17, 15) is 4.79 Å². The standard InChI is InChI=1S/C18H25N3O2S/c1-4-15-13(3)24-17(20-15)10-11-19-18(22)21-16-9-7-6-8-14(16)12-23-5-2/h6-9H,4-5,10-12H2,1-3H3,(H2,19,21,22). The summed E-state index contributed by atoms with van der Waals surface area (Å²) in [5.74, 6) is 0. The summed E-state index contributed by atoms with van der Waals surface area (Å²) < 4.78 is 5.43. The average molecular weight is 347 g/mol. The number of carbonyl (C=O) groups is 1. The molecule has 0 bridgehead atoms. The topological polar surface area (TPSA) is 63.2 Å². The number of rotatable bonds is 8. The number of urea groups is 1. The van der Waals surface area contributed by atoms with Crippen molar-refractivity contribution in [3.05, 3.63) is 45.4 Å². The summed E-state index contributed by atoms with van der Waals surface area (Å²) in [5.41, 5.74) is 2.91. The van der Waals surface area contributed by atoms with Crippen molar-refractivity contribution < 1.29 is 9.53 Å². The number of aryl methyl sites for hydroxylation is 2. The fraction of sp³-hybridized carbons (Fsp3) is 0.444. The van der Waals surface area contributed by atoms with Gasteiger partial charge in [0.15, 0.2) is 0 Å². The van der Waals surface area contributed by atoms with Gasteiger partial charge in [0.2, 0.25) is 0 Å². The predicted molar refractivity (Wildman–Crippen MR) is 98.7 cm³/mol. The second-order valence-electron chi connectivity index (χ2n) is 5.39. The van der Waals surface area contributed by atoms with Crippen LogP contribution in [0.5, 0.6) is 0 Å². The molecular formula is C18H25N3O2S. The van der Waals surface area contributed by atoms with Crippen molar-refractivity contribution in [3.8, 4) is 0 Å². The molecule has 0 radical (unpaired) electrons. The van der Waals surface area contributed by atoms with Crippen LogP contribution in [-0.2, 0) is 24.2 Å². The Kier molecular flexibility index (Phi) is 7.21. The summed E-state index contributed by atoms with van der Waals surface area (Å²) in [4.78, 5) is 17.9. The first-order valence-corrected chi connectivity index (χ1v) is 9.11. The molecule has 0 aliphatic carbocycles. The first kappa shape index (κ1) is 18.4. The van der Waals surface area contributed by atoms with E-state index in [0.717, 1.165) is 34.8 Å². The van der Waals surface area contributed by atoms with Gasteiger partial charge >= 0.3 is 6.03 Å². The Morgan fingerprint density at radius 2 is 2.08 bits per heavy atom. The molecule has 0 aliphatic rings. The Labute approximate surface area is 147 Å². The molecule has 2 rings (SSSR count). The van der Waals surface area contributed by atoms with Gasteiger partial charge in [-0.3, -0.25) is 0 Å². The van der Waals surface area contributed by atoms with Gasteiger partial charge in [0.25, 0.3) is 0 Å². The van der Waals surface area contributed by atoms with E-state index in [2.05, 4.69) is 29.5 Å². The van der Waals surface area contributed by atoms with Crippen molar-refractivity contribution in [2.45, 2.75) is 40.2 Å². The van der Waals surface area contributed by atoms with Crippen LogP contribution in [0.4, 0.5) is 10.5 Å². The van der Waals surface area contributed by atoms with Crippen molar-refractivity contribution in [2.75, 3.05) is 18.5 Å². The van der Waals surface area contributed by atoms with E-state index in [1.54, 1.807) is 11.3 Å². The number of hydrogen-bond acceptors (Lipinski definition) is 4. The first-order valence-electron chi connectivity index (χ1n) is 8.29. The molecule has 6 heteroatoms. The Balaban J connectivity index is 1.83. The number of nitrogens with one attached hydrogen (secondary N) is 2. The zero-order valence-corrected chi connectivity index (χ0v) is 15.3. The van der Waals surface area contributed by atoms with Crippen LogP contribution in [0.3, 0.4) is 0 Å². The third-order valence-corrected chi connectivity index (χ3v) is 4.70. The second-order valence-corrected chi connectivity index (χ2v) is 6.68. The van der Waals surface area contributed by atoms with Crippen molar-refractivity contribution in [2.24, 2.45) is 0 Å². The van der Waals surface area contributed by atoms with Gasteiger partial charge < -0.3 is 15.4 Å². The minimum Gasteiger partial charge on any atom is -0.377 e. The number of anilines is 1. The number of hydrogen-bond donors (Lipinski definition) is 2. The summed E-state index contributed by atoms with van der Waals surface area (Å²) in [6.45, 7) is 7.86. The minimum absolute atomic E-state index is 0.206. The highest BCUT2D eigenvalue weighted by Gasteiger charge is 2.08. The Bertz CT molecular complexity index is 670. The van der Waals surface area contributed by atoms with Crippen LogP contribution >= 0.6 is 11.3 Å². The molecule has 0 saturated carbocycles. The predicted octanol–water partition coefficient (Wildman–Crippen LogP) is 3.91. The molecule has 130 valence electrons. The molecule has 0 atom stereocenters. The molecule has 2 amide bonds. The lowest BCUT2D eigenvalue weighted by Gasteiger charge is -2.11. The maximum atomic E-state index is 12.1. The highest BCUT2D eigenvalue weighted by Crippen LogP contribution is 2.18. The van der Waals surface area contributed by atoms with Crippen LogP contribution < -0.4 is 10.6 Å². The number of amides is 2. The van der Waals surface area contributed by atoms with E-state index in [4.69, 9.17) is 4.74 Å². The highest BCUT2D eigenvalue weighted by atomic mass is 32.1. The fourth-order valence-electron chi connectivity index (χ4n) is 2.35. The average Bonchev–Trinajstić information content (AvgIpc) is 2.94.